The molecule has 0 aromatic heterocycles. The Morgan fingerprint density at radius 2 is 1.53 bits per heavy atom. The minimum absolute atomic E-state index is 0. The normalized spacial score (nSPS) is 5.73. The highest BCUT2D eigenvalue weighted by Crippen LogP contribution is 1.81. The molecule has 0 saturated heterocycles. The van der Waals surface area contributed by atoms with Crippen molar-refractivity contribution >= 4 is 0 Å². The second-order valence-electron chi connectivity index (χ2n) is 0.968. The van der Waals surface area contributed by atoms with Crippen molar-refractivity contribution in [3.63, 3.8) is 0 Å². The summed E-state index contributed by atoms with van der Waals surface area (Å²) in [6, 6.07) is 0. The predicted octanol–water partition coefficient (Wildman–Crippen LogP) is 3.65. The second kappa shape index (κ2) is 37.7. The largest absolute Gasteiger partial charge is 0.219 e. The number of hydrogen-bond donors (Lipinski definition) is 1. The molecule has 0 heterocycles. The monoisotopic (exact) mass is 232 g/mol. The average molecular weight is 232 g/mol. The van der Waals surface area contributed by atoms with Crippen molar-refractivity contribution < 1.29 is 31.7 Å². The summed E-state index contributed by atoms with van der Waals surface area (Å²) in [6.45, 7) is 1.67. The first-order chi connectivity index (χ1) is 4.91. The summed E-state index contributed by atoms with van der Waals surface area (Å²) in [5.74, 6) is 5.02. The predicted molar refractivity (Wildman–Crippen MR) is 62.1 cm³/mol. The van der Waals surface area contributed by atoms with Gasteiger partial charge in [0.15, 0.2) is 0 Å². The topological polar surface area (TPSA) is 66.4 Å². The molecule has 0 aliphatic rings. The molecule has 0 radical (unpaired) electrons. The minimum Gasteiger partial charge on any atom is -0.219 e. The van der Waals surface area contributed by atoms with E-state index in [9.17, 15) is 0 Å². The Morgan fingerprint density at radius 3 is 1.93 bits per heavy atom. The van der Waals surface area contributed by atoms with Gasteiger partial charge >= 0.3 is 0 Å². The number of hydrogen-bond acceptors (Lipinski definition) is 6. The van der Waals surface area contributed by atoms with E-state index >= 15 is 0 Å². The van der Waals surface area contributed by atoms with Crippen LogP contribution >= 0.6 is 0 Å². The summed E-state index contributed by atoms with van der Waals surface area (Å²) in [6.07, 6.45) is 0. The molecule has 0 saturated carbocycles. The van der Waals surface area contributed by atoms with E-state index in [-0.39, 0.29) is 45.2 Å². The van der Waals surface area contributed by atoms with Gasteiger partial charge in [0.05, 0.1) is 0 Å². The summed E-state index contributed by atoms with van der Waals surface area (Å²) in [5, 5.41) is 21.2. The molecule has 0 spiro atoms. The lowest BCUT2D eigenvalue weighted by Gasteiger charge is -1.93. The zero-order valence-electron chi connectivity index (χ0n) is 5.20. The minimum atomic E-state index is 0. The van der Waals surface area contributed by atoms with Crippen molar-refractivity contribution in [3.05, 3.63) is 0 Å². The van der Waals surface area contributed by atoms with Crippen LogP contribution in [-0.2, 0) is 25.0 Å². The third-order valence-electron chi connectivity index (χ3n) is 0.442. The molecular weight excluding hydrogens is 204 g/mol. The Labute approximate surface area is 95.2 Å². The first-order valence-corrected chi connectivity index (χ1v) is 2.24. The van der Waals surface area contributed by atoms with Gasteiger partial charge in [-0.3, -0.25) is 0 Å². The fourth-order valence-corrected chi connectivity index (χ4v) is 0.169. The lowest BCUT2D eigenvalue weighted by Crippen LogP contribution is -1.97. The highest BCUT2D eigenvalue weighted by molar-refractivity contribution is 4.94. The average Bonchev–Trinajstić information content (AvgIpc) is 1.97. The molecule has 0 bridgehead atoms. The van der Waals surface area contributed by atoms with Crippen LogP contribution in [0.15, 0.2) is 0 Å². The molecule has 0 unspecified atom stereocenters. The summed E-state index contributed by atoms with van der Waals surface area (Å²) < 4.78 is 0. The maximum atomic E-state index is 7.46. The summed E-state index contributed by atoms with van der Waals surface area (Å²) in [7, 11) is 0. The van der Waals surface area contributed by atoms with Gasteiger partial charge in [-0.15, -0.1) is 5.92 Å². The molecule has 15 heavy (non-hydrogen) atoms. The van der Waals surface area contributed by atoms with Gasteiger partial charge in [0.1, 0.15) is 6.61 Å². The smallest absolute Gasteiger partial charge is 0.146 e. The van der Waals surface area contributed by atoms with Crippen molar-refractivity contribution in [2.45, 2.75) is 44.1 Å². The van der Waals surface area contributed by atoms with E-state index in [4.69, 9.17) is 5.26 Å². The Balaban J connectivity index is -0.0000000270. The molecule has 0 aromatic rings. The van der Waals surface area contributed by atoms with Crippen LogP contribution in [0.25, 0.3) is 0 Å². The Bertz CT molecular complexity index is 123. The maximum absolute atomic E-state index is 7.46. The van der Waals surface area contributed by atoms with Gasteiger partial charge in [-0.05, 0) is 27.1 Å². The first kappa shape index (κ1) is 36.7. The first-order valence-electron chi connectivity index (χ1n) is 2.24. The molecule has 0 aromatic carbocycles. The van der Waals surface area contributed by atoms with Crippen molar-refractivity contribution in [1.82, 2.24) is 0 Å². The quantitative estimate of drug-likeness (QED) is 0.338. The Kier molecular flexibility index (Phi) is 92.3. The molecular formula is C9H28O6. The highest BCUT2D eigenvalue weighted by atomic mass is 17.8. The van der Waals surface area contributed by atoms with Crippen LogP contribution in [-0.4, -0.2) is 11.9 Å². The summed E-state index contributed by atoms with van der Waals surface area (Å²) >= 11 is 0. The molecule has 0 amide bonds. The lowest BCUT2D eigenvalue weighted by molar-refractivity contribution is -0.752. The van der Waals surface area contributed by atoms with Crippen LogP contribution in [0, 0.1) is 11.8 Å². The van der Waals surface area contributed by atoms with Gasteiger partial charge in [0, 0.05) is 1.43 Å². The van der Waals surface area contributed by atoms with Crippen LogP contribution in [0.4, 0.5) is 0 Å². The van der Waals surface area contributed by atoms with Crippen molar-refractivity contribution in [2.24, 2.45) is 0 Å². The Hall–Kier alpha value is -0.680. The molecule has 6 nitrogen and oxygen atoms in total. The van der Waals surface area contributed by atoms with E-state index in [0.29, 0.717) is 0 Å². The molecule has 1 N–H and O–H groups in total. The van der Waals surface area contributed by atoms with Gasteiger partial charge in [-0.25, -0.2) is 5.26 Å². The zero-order chi connectivity index (χ0) is 7.66. The number of rotatable bonds is 5. The van der Waals surface area contributed by atoms with E-state index in [1.165, 1.54) is 0 Å². The molecule has 0 aliphatic heterocycles. The van der Waals surface area contributed by atoms with Crippen molar-refractivity contribution in [1.29, 1.82) is 0 Å². The maximum Gasteiger partial charge on any atom is 0.146 e. The summed E-state index contributed by atoms with van der Waals surface area (Å²) in [4.78, 5) is 4.16. The fraction of sp³-hybridized carbons (Fsp3) is 0.778. The van der Waals surface area contributed by atoms with E-state index in [0.717, 1.165) is 0 Å². The molecule has 0 rings (SSSR count). The van der Waals surface area contributed by atoms with E-state index in [1.807, 2.05) is 0 Å². The Morgan fingerprint density at radius 1 is 1.00 bits per heavy atom. The van der Waals surface area contributed by atoms with Crippen LogP contribution in [0.1, 0.15) is 45.5 Å². The van der Waals surface area contributed by atoms with Crippen molar-refractivity contribution in [3.8, 4) is 11.8 Å². The van der Waals surface area contributed by atoms with E-state index in [1.54, 1.807) is 6.92 Å². The van der Waals surface area contributed by atoms with Gasteiger partial charge < -0.3 is 0 Å². The van der Waals surface area contributed by atoms with Gasteiger partial charge in [0.2, 0.25) is 0 Å². The highest BCUT2D eigenvalue weighted by Gasteiger charge is 1.86. The zero-order valence-corrected chi connectivity index (χ0v) is 5.20. The van der Waals surface area contributed by atoms with Crippen LogP contribution in [0.2, 0.25) is 0 Å². The van der Waals surface area contributed by atoms with Crippen LogP contribution in [0.5, 0.6) is 0 Å². The van der Waals surface area contributed by atoms with E-state index in [2.05, 4.69) is 36.9 Å². The fourth-order valence-electron chi connectivity index (χ4n) is 0.169. The third kappa shape index (κ3) is 42.7. The van der Waals surface area contributed by atoms with Gasteiger partial charge in [-0.1, -0.05) is 43.1 Å². The summed E-state index contributed by atoms with van der Waals surface area (Å²) in [5.41, 5.74) is 0. The molecule has 0 fully saturated rings. The van der Waals surface area contributed by atoms with Crippen molar-refractivity contribution in [2.75, 3.05) is 6.61 Å². The van der Waals surface area contributed by atoms with Gasteiger partial charge in [0.25, 0.3) is 0 Å². The van der Waals surface area contributed by atoms with Gasteiger partial charge in [-0.2, -0.15) is 4.89 Å². The third-order valence-corrected chi connectivity index (χ3v) is 0.442. The molecule has 0 aliphatic carbocycles. The molecule has 0 atom stereocenters. The van der Waals surface area contributed by atoms with Crippen LogP contribution in [0.3, 0.4) is 0 Å². The SMILES string of the molecule is C.C.C.C.C.CC#CCOOOOOO.[HH]. The molecule has 100 valence electrons. The second-order valence-corrected chi connectivity index (χ2v) is 0.968. The molecule has 6 heteroatoms. The lowest BCUT2D eigenvalue weighted by atomic mass is 10.6. The standard InChI is InChI=1S/C4H6O6.5CH4.H2/c1-2-3-4-6-8-10-9-7-5;;;;;;/h5H,4H2,1H3;5*1H4;1H. The van der Waals surface area contributed by atoms with E-state index < -0.39 is 0 Å². The van der Waals surface area contributed by atoms with Crippen LogP contribution < -0.4 is 0 Å².